The van der Waals surface area contributed by atoms with Gasteiger partial charge in [0, 0.05) is 43.6 Å². The number of rotatable bonds is 5. The van der Waals surface area contributed by atoms with Gasteiger partial charge in [-0.2, -0.15) is 0 Å². The Morgan fingerprint density at radius 2 is 1.69 bits per heavy atom. The summed E-state index contributed by atoms with van der Waals surface area (Å²) < 4.78 is 13.2. The van der Waals surface area contributed by atoms with Crippen LogP contribution in [-0.4, -0.2) is 30.0 Å². The molecule has 1 amide bonds. The Bertz CT molecular complexity index is 895. The van der Waals surface area contributed by atoms with Gasteiger partial charge >= 0.3 is 0 Å². The van der Waals surface area contributed by atoms with E-state index in [0.717, 1.165) is 5.69 Å². The second-order valence-electron chi connectivity index (χ2n) is 5.83. The van der Waals surface area contributed by atoms with Crippen LogP contribution in [0.4, 0.5) is 27.4 Å². The third-order valence-corrected chi connectivity index (χ3v) is 3.64. The summed E-state index contributed by atoms with van der Waals surface area (Å²) in [4.78, 5) is 22.4. The minimum atomic E-state index is -0.355. The van der Waals surface area contributed by atoms with Crippen molar-refractivity contribution in [3.8, 4) is 0 Å². The van der Waals surface area contributed by atoms with Gasteiger partial charge in [0.15, 0.2) is 0 Å². The molecule has 0 bridgehead atoms. The van der Waals surface area contributed by atoms with E-state index in [1.54, 1.807) is 12.1 Å². The van der Waals surface area contributed by atoms with Crippen LogP contribution in [0.5, 0.6) is 0 Å². The van der Waals surface area contributed by atoms with Gasteiger partial charge in [0.05, 0.1) is 5.56 Å². The van der Waals surface area contributed by atoms with Crippen molar-refractivity contribution in [2.75, 3.05) is 29.6 Å². The minimum Gasteiger partial charge on any atom is -0.378 e. The molecule has 3 aromatic rings. The van der Waals surface area contributed by atoms with Crippen molar-refractivity contribution in [1.29, 1.82) is 0 Å². The van der Waals surface area contributed by atoms with Gasteiger partial charge < -0.3 is 15.5 Å². The molecule has 0 atom stereocenters. The van der Waals surface area contributed by atoms with Gasteiger partial charge in [0.25, 0.3) is 5.91 Å². The fraction of sp³-hybridized carbons (Fsp3) is 0.105. The number of nitrogens with zero attached hydrogens (tertiary/aromatic N) is 3. The Balaban J connectivity index is 1.65. The molecule has 0 fully saturated rings. The van der Waals surface area contributed by atoms with Crippen molar-refractivity contribution in [2.45, 2.75) is 0 Å². The molecule has 0 unspecified atom stereocenters. The normalized spacial score (nSPS) is 10.3. The van der Waals surface area contributed by atoms with E-state index in [-0.39, 0.29) is 17.7 Å². The molecular formula is C19H18FN5O. The summed E-state index contributed by atoms with van der Waals surface area (Å²) in [5.74, 6) is -0.381. The summed E-state index contributed by atoms with van der Waals surface area (Å²) >= 11 is 0. The molecule has 132 valence electrons. The van der Waals surface area contributed by atoms with Crippen LogP contribution < -0.4 is 15.5 Å². The van der Waals surface area contributed by atoms with Crippen LogP contribution in [0.3, 0.4) is 0 Å². The first-order valence-corrected chi connectivity index (χ1v) is 7.94. The average molecular weight is 351 g/mol. The van der Waals surface area contributed by atoms with Gasteiger partial charge in [0.2, 0.25) is 5.95 Å². The average Bonchev–Trinajstić information content (AvgIpc) is 2.63. The molecular weight excluding hydrogens is 333 g/mol. The number of anilines is 4. The number of benzene rings is 2. The smallest absolute Gasteiger partial charge is 0.258 e. The molecule has 0 radical (unpaired) electrons. The minimum absolute atomic E-state index is 0.280. The van der Waals surface area contributed by atoms with Gasteiger partial charge in [-0.05, 0) is 42.5 Å². The highest BCUT2D eigenvalue weighted by molar-refractivity contribution is 6.04. The van der Waals surface area contributed by atoms with Crippen molar-refractivity contribution >= 4 is 28.9 Å². The van der Waals surface area contributed by atoms with Crippen LogP contribution in [0.2, 0.25) is 0 Å². The van der Waals surface area contributed by atoms with Crippen molar-refractivity contribution < 1.29 is 9.18 Å². The summed E-state index contributed by atoms with van der Waals surface area (Å²) in [7, 11) is 3.90. The van der Waals surface area contributed by atoms with E-state index in [4.69, 9.17) is 0 Å². The van der Waals surface area contributed by atoms with Gasteiger partial charge in [-0.1, -0.05) is 6.07 Å². The molecule has 0 aliphatic carbocycles. The molecule has 2 aromatic carbocycles. The zero-order valence-corrected chi connectivity index (χ0v) is 14.4. The van der Waals surface area contributed by atoms with E-state index in [9.17, 15) is 9.18 Å². The van der Waals surface area contributed by atoms with Crippen LogP contribution in [0.1, 0.15) is 10.4 Å². The highest BCUT2D eigenvalue weighted by Crippen LogP contribution is 2.17. The highest BCUT2D eigenvalue weighted by atomic mass is 19.1. The lowest BCUT2D eigenvalue weighted by atomic mass is 10.2. The number of carbonyl (C=O) groups excluding carboxylic acids is 1. The summed E-state index contributed by atoms with van der Waals surface area (Å²) in [6, 6.07) is 13.5. The predicted molar refractivity (Wildman–Crippen MR) is 100 cm³/mol. The Morgan fingerprint density at radius 1 is 1.00 bits per heavy atom. The van der Waals surface area contributed by atoms with Gasteiger partial charge in [-0.3, -0.25) is 4.79 Å². The molecule has 0 aliphatic heterocycles. The third-order valence-electron chi connectivity index (χ3n) is 3.64. The van der Waals surface area contributed by atoms with E-state index < -0.39 is 0 Å². The van der Waals surface area contributed by atoms with E-state index in [1.165, 1.54) is 24.5 Å². The fourth-order valence-corrected chi connectivity index (χ4v) is 2.25. The Labute approximate surface area is 150 Å². The number of hydrogen-bond donors (Lipinski definition) is 2. The van der Waals surface area contributed by atoms with Crippen LogP contribution in [0, 0.1) is 5.82 Å². The van der Waals surface area contributed by atoms with Gasteiger partial charge in [-0.25, -0.2) is 14.4 Å². The quantitative estimate of drug-likeness (QED) is 0.734. The van der Waals surface area contributed by atoms with Crippen LogP contribution >= 0.6 is 0 Å². The number of hydrogen-bond acceptors (Lipinski definition) is 5. The second-order valence-corrected chi connectivity index (χ2v) is 5.83. The van der Waals surface area contributed by atoms with Crippen molar-refractivity contribution in [2.24, 2.45) is 0 Å². The zero-order chi connectivity index (χ0) is 18.5. The van der Waals surface area contributed by atoms with E-state index in [0.29, 0.717) is 16.9 Å². The first-order valence-electron chi connectivity index (χ1n) is 7.94. The van der Waals surface area contributed by atoms with Crippen molar-refractivity contribution in [3.63, 3.8) is 0 Å². The van der Waals surface area contributed by atoms with Crippen molar-refractivity contribution in [3.05, 3.63) is 72.3 Å². The largest absolute Gasteiger partial charge is 0.378 e. The molecule has 0 saturated heterocycles. The molecule has 0 aliphatic rings. The Morgan fingerprint density at radius 3 is 2.31 bits per heavy atom. The summed E-state index contributed by atoms with van der Waals surface area (Å²) in [5, 5.41) is 5.67. The standard InChI is InChI=1S/C19H18FN5O/c1-25(2)17-8-6-15(7-9-17)23-18(26)13-11-21-19(22-12-13)24-16-5-3-4-14(20)10-16/h3-12H,1-2H3,(H,23,26)(H,21,22,24). The number of amides is 1. The summed E-state index contributed by atoms with van der Waals surface area (Å²) in [6.45, 7) is 0. The monoisotopic (exact) mass is 351 g/mol. The van der Waals surface area contributed by atoms with Crippen molar-refractivity contribution in [1.82, 2.24) is 9.97 Å². The predicted octanol–water partition coefficient (Wildman–Crippen LogP) is 3.68. The molecule has 3 rings (SSSR count). The van der Waals surface area contributed by atoms with Gasteiger partial charge in [-0.15, -0.1) is 0 Å². The maximum Gasteiger partial charge on any atom is 0.258 e. The highest BCUT2D eigenvalue weighted by Gasteiger charge is 2.08. The Kier molecular flexibility index (Phi) is 5.07. The van der Waals surface area contributed by atoms with E-state index in [1.807, 2.05) is 43.3 Å². The van der Waals surface area contributed by atoms with E-state index >= 15 is 0 Å². The number of nitrogens with one attached hydrogen (secondary N) is 2. The maximum absolute atomic E-state index is 13.2. The summed E-state index contributed by atoms with van der Waals surface area (Å²) in [6.07, 6.45) is 2.83. The molecule has 0 spiro atoms. The number of halogens is 1. The van der Waals surface area contributed by atoms with Crippen LogP contribution in [0.15, 0.2) is 60.9 Å². The lowest BCUT2D eigenvalue weighted by molar-refractivity contribution is 0.102. The fourth-order valence-electron chi connectivity index (χ4n) is 2.25. The first kappa shape index (κ1) is 17.3. The first-order chi connectivity index (χ1) is 12.5. The number of carbonyl (C=O) groups is 1. The third kappa shape index (κ3) is 4.32. The maximum atomic E-state index is 13.2. The van der Waals surface area contributed by atoms with Crippen LogP contribution in [0.25, 0.3) is 0 Å². The second kappa shape index (κ2) is 7.60. The van der Waals surface area contributed by atoms with Gasteiger partial charge in [0.1, 0.15) is 5.82 Å². The molecule has 6 nitrogen and oxygen atoms in total. The number of aromatic nitrogens is 2. The molecule has 0 saturated carbocycles. The summed E-state index contributed by atoms with van der Waals surface area (Å²) in [5.41, 5.74) is 2.58. The molecule has 26 heavy (non-hydrogen) atoms. The molecule has 7 heteroatoms. The van der Waals surface area contributed by atoms with E-state index in [2.05, 4.69) is 20.6 Å². The molecule has 1 heterocycles. The van der Waals surface area contributed by atoms with Crippen LogP contribution in [-0.2, 0) is 0 Å². The SMILES string of the molecule is CN(C)c1ccc(NC(=O)c2cnc(Nc3cccc(F)c3)nc2)cc1. The zero-order valence-electron chi connectivity index (χ0n) is 14.4. The molecule has 1 aromatic heterocycles. The Hall–Kier alpha value is -3.48. The topological polar surface area (TPSA) is 70.2 Å². The lowest BCUT2D eigenvalue weighted by Crippen LogP contribution is -2.13. The lowest BCUT2D eigenvalue weighted by Gasteiger charge is -2.13. The molecule has 2 N–H and O–H groups in total.